The standard InChI is InChI=1S/C8H13OP/c1-3-10(9,4-2)7-8-5-6-8/h3,7H,1,4-6H2,2H3. The van der Waals surface area contributed by atoms with Crippen LogP contribution in [0.1, 0.15) is 19.8 Å². The Kier molecular flexibility index (Phi) is 2.15. The van der Waals surface area contributed by atoms with Gasteiger partial charge in [-0.05, 0) is 24.5 Å². The molecule has 0 aromatic heterocycles. The second-order valence-electron chi connectivity index (χ2n) is 2.64. The molecule has 0 spiro atoms. The van der Waals surface area contributed by atoms with E-state index in [9.17, 15) is 4.57 Å². The van der Waals surface area contributed by atoms with Gasteiger partial charge in [-0.2, -0.15) is 0 Å². The van der Waals surface area contributed by atoms with Crippen LogP contribution in [0, 0.1) is 0 Å². The third-order valence-corrected chi connectivity index (χ3v) is 4.15. The van der Waals surface area contributed by atoms with Gasteiger partial charge in [0, 0.05) is 6.16 Å². The molecule has 1 aliphatic carbocycles. The quantitative estimate of drug-likeness (QED) is 0.573. The highest BCUT2D eigenvalue weighted by Crippen LogP contribution is 2.52. The molecule has 0 aromatic rings. The molecule has 1 saturated carbocycles. The number of hydrogen-bond donors (Lipinski definition) is 0. The van der Waals surface area contributed by atoms with Crippen molar-refractivity contribution < 1.29 is 4.57 Å². The van der Waals surface area contributed by atoms with Crippen LogP contribution in [-0.4, -0.2) is 6.16 Å². The zero-order valence-corrected chi connectivity index (χ0v) is 7.23. The van der Waals surface area contributed by atoms with E-state index in [1.807, 2.05) is 12.7 Å². The maximum absolute atomic E-state index is 11.6. The highest BCUT2D eigenvalue weighted by Gasteiger charge is 2.18. The van der Waals surface area contributed by atoms with Gasteiger partial charge in [0.2, 0.25) is 0 Å². The molecule has 2 heteroatoms. The maximum Gasteiger partial charge on any atom is 0.128 e. The van der Waals surface area contributed by atoms with Crippen LogP contribution in [0.15, 0.2) is 23.8 Å². The second kappa shape index (κ2) is 2.75. The Bertz CT molecular complexity index is 209. The fourth-order valence-corrected chi connectivity index (χ4v) is 2.21. The third-order valence-electron chi connectivity index (χ3n) is 1.74. The van der Waals surface area contributed by atoms with Crippen LogP contribution in [0.4, 0.5) is 0 Å². The molecule has 0 N–H and O–H groups in total. The van der Waals surface area contributed by atoms with Crippen molar-refractivity contribution in [1.29, 1.82) is 0 Å². The average Bonchev–Trinajstić information content (AvgIpc) is 2.72. The van der Waals surface area contributed by atoms with Gasteiger partial charge in [-0.1, -0.05) is 19.1 Å². The van der Waals surface area contributed by atoms with Gasteiger partial charge in [0.1, 0.15) is 7.14 Å². The summed E-state index contributed by atoms with van der Waals surface area (Å²) in [6, 6.07) is 0. The Morgan fingerprint density at radius 2 is 2.30 bits per heavy atom. The van der Waals surface area contributed by atoms with E-state index in [-0.39, 0.29) is 0 Å². The van der Waals surface area contributed by atoms with Gasteiger partial charge in [-0.15, -0.1) is 0 Å². The second-order valence-corrected chi connectivity index (χ2v) is 5.60. The molecule has 0 saturated heterocycles. The van der Waals surface area contributed by atoms with Crippen molar-refractivity contribution in [2.45, 2.75) is 19.8 Å². The Hall–Kier alpha value is -0.290. The lowest BCUT2D eigenvalue weighted by Gasteiger charge is -2.02. The average molecular weight is 156 g/mol. The van der Waals surface area contributed by atoms with Crippen LogP contribution < -0.4 is 0 Å². The summed E-state index contributed by atoms with van der Waals surface area (Å²) in [6.45, 7) is 5.52. The molecule has 1 rings (SSSR count). The molecular formula is C8H13OP. The summed E-state index contributed by atoms with van der Waals surface area (Å²) in [5.74, 6) is 3.54. The van der Waals surface area contributed by atoms with Crippen molar-refractivity contribution in [3.05, 3.63) is 23.8 Å². The summed E-state index contributed by atoms with van der Waals surface area (Å²) in [6.07, 6.45) is 3.02. The molecule has 1 aliphatic rings. The van der Waals surface area contributed by atoms with Crippen LogP contribution in [0.2, 0.25) is 0 Å². The van der Waals surface area contributed by atoms with E-state index in [0.29, 0.717) is 0 Å². The molecule has 10 heavy (non-hydrogen) atoms. The van der Waals surface area contributed by atoms with Crippen molar-refractivity contribution >= 4 is 7.14 Å². The van der Waals surface area contributed by atoms with Crippen LogP contribution in [-0.2, 0) is 4.57 Å². The van der Waals surface area contributed by atoms with E-state index in [4.69, 9.17) is 0 Å². The zero-order valence-electron chi connectivity index (χ0n) is 6.34. The van der Waals surface area contributed by atoms with Gasteiger partial charge in [0.05, 0.1) is 0 Å². The zero-order chi connectivity index (χ0) is 7.61. The lowest BCUT2D eigenvalue weighted by Crippen LogP contribution is -1.74. The molecule has 0 amide bonds. The Balaban J connectivity index is 2.73. The Morgan fingerprint density at radius 3 is 2.60 bits per heavy atom. The lowest BCUT2D eigenvalue weighted by atomic mass is 10.7. The minimum atomic E-state index is -2.07. The minimum Gasteiger partial charge on any atom is -0.315 e. The molecule has 0 radical (unpaired) electrons. The molecule has 0 aliphatic heterocycles. The van der Waals surface area contributed by atoms with E-state index in [2.05, 4.69) is 6.58 Å². The number of hydrogen-bond acceptors (Lipinski definition) is 1. The highest BCUT2D eigenvalue weighted by molar-refractivity contribution is 7.70. The summed E-state index contributed by atoms with van der Waals surface area (Å²) in [5, 5.41) is 0. The van der Waals surface area contributed by atoms with Crippen LogP contribution in [0.3, 0.4) is 0 Å². The van der Waals surface area contributed by atoms with Crippen LogP contribution in [0.25, 0.3) is 0 Å². The van der Waals surface area contributed by atoms with Crippen molar-refractivity contribution in [1.82, 2.24) is 0 Å². The van der Waals surface area contributed by atoms with E-state index >= 15 is 0 Å². The molecule has 1 nitrogen and oxygen atoms in total. The van der Waals surface area contributed by atoms with E-state index < -0.39 is 7.14 Å². The molecule has 0 bridgehead atoms. The summed E-state index contributed by atoms with van der Waals surface area (Å²) < 4.78 is 11.6. The molecular weight excluding hydrogens is 143 g/mol. The topological polar surface area (TPSA) is 17.1 Å². The smallest absolute Gasteiger partial charge is 0.128 e. The Morgan fingerprint density at radius 1 is 1.70 bits per heavy atom. The van der Waals surface area contributed by atoms with E-state index in [0.717, 1.165) is 19.0 Å². The highest BCUT2D eigenvalue weighted by atomic mass is 31.2. The van der Waals surface area contributed by atoms with Crippen molar-refractivity contribution in [3.8, 4) is 0 Å². The first-order valence-electron chi connectivity index (χ1n) is 3.63. The van der Waals surface area contributed by atoms with Crippen molar-refractivity contribution in [2.24, 2.45) is 0 Å². The molecule has 1 fully saturated rings. The fraction of sp³-hybridized carbons (Fsp3) is 0.500. The largest absolute Gasteiger partial charge is 0.315 e. The van der Waals surface area contributed by atoms with Gasteiger partial charge < -0.3 is 4.57 Å². The molecule has 0 heterocycles. The first-order chi connectivity index (χ1) is 4.70. The number of allylic oxidation sites excluding steroid dienone is 1. The Labute approximate surface area is 62.2 Å². The molecule has 56 valence electrons. The fourth-order valence-electron chi connectivity index (χ4n) is 0.783. The van der Waals surface area contributed by atoms with E-state index in [1.54, 1.807) is 5.82 Å². The van der Waals surface area contributed by atoms with Crippen molar-refractivity contribution in [3.63, 3.8) is 0 Å². The third kappa shape index (κ3) is 1.85. The molecule has 0 aromatic carbocycles. The number of rotatable bonds is 3. The predicted molar refractivity (Wildman–Crippen MR) is 45.7 cm³/mol. The van der Waals surface area contributed by atoms with Gasteiger partial charge >= 0.3 is 0 Å². The predicted octanol–water partition coefficient (Wildman–Crippen LogP) is 3.19. The lowest BCUT2D eigenvalue weighted by molar-refractivity contribution is 0.587. The summed E-state index contributed by atoms with van der Waals surface area (Å²) >= 11 is 0. The minimum absolute atomic E-state index is 0.722. The van der Waals surface area contributed by atoms with Gasteiger partial charge in [0.25, 0.3) is 0 Å². The molecule has 1 atom stereocenters. The molecule has 1 unspecified atom stereocenters. The van der Waals surface area contributed by atoms with Crippen molar-refractivity contribution in [2.75, 3.05) is 6.16 Å². The summed E-state index contributed by atoms with van der Waals surface area (Å²) in [5.41, 5.74) is 1.35. The van der Waals surface area contributed by atoms with Crippen LogP contribution >= 0.6 is 7.14 Å². The van der Waals surface area contributed by atoms with Gasteiger partial charge in [-0.3, -0.25) is 0 Å². The van der Waals surface area contributed by atoms with Gasteiger partial charge in [-0.25, -0.2) is 0 Å². The summed E-state index contributed by atoms with van der Waals surface area (Å²) in [7, 11) is -2.07. The SMILES string of the molecule is C=CP(=O)(C=C1CC1)CC. The first-order valence-corrected chi connectivity index (χ1v) is 5.66. The monoisotopic (exact) mass is 156 g/mol. The normalized spacial score (nSPS) is 21.5. The summed E-state index contributed by atoms with van der Waals surface area (Å²) in [4.78, 5) is 0. The van der Waals surface area contributed by atoms with Crippen LogP contribution in [0.5, 0.6) is 0 Å². The van der Waals surface area contributed by atoms with E-state index in [1.165, 1.54) is 5.57 Å². The first kappa shape index (κ1) is 7.81. The maximum atomic E-state index is 11.6. The van der Waals surface area contributed by atoms with Gasteiger partial charge in [0.15, 0.2) is 0 Å².